The van der Waals surface area contributed by atoms with E-state index >= 15 is 0 Å². The first-order valence-corrected chi connectivity index (χ1v) is 9.83. The van der Waals surface area contributed by atoms with Gasteiger partial charge in [-0.15, -0.1) is 6.42 Å². The summed E-state index contributed by atoms with van der Waals surface area (Å²) in [5.41, 5.74) is 3.31. The molecule has 2 amide bonds. The first-order chi connectivity index (χ1) is 14.3. The molecule has 0 spiro atoms. The molecule has 30 heavy (non-hydrogen) atoms. The fourth-order valence-electron chi connectivity index (χ4n) is 2.50. The van der Waals surface area contributed by atoms with Crippen LogP contribution in [0, 0.1) is 18.3 Å². The molecule has 0 saturated heterocycles. The number of carbonyl (C=O) groups is 2. The van der Waals surface area contributed by atoms with Crippen LogP contribution < -0.4 is 15.5 Å². The lowest BCUT2D eigenvalue weighted by atomic mass is 10.0. The van der Waals surface area contributed by atoms with Gasteiger partial charge >= 0.3 is 0 Å². The average Bonchev–Trinajstić information content (AvgIpc) is 2.70. The molecule has 0 aliphatic rings. The Bertz CT molecular complexity index is 984. The maximum Gasteiger partial charge on any atom is 0.262 e. The summed E-state index contributed by atoms with van der Waals surface area (Å²) >= 11 is 11.9. The highest BCUT2D eigenvalue weighted by Crippen LogP contribution is 2.21. The van der Waals surface area contributed by atoms with Crippen molar-refractivity contribution in [1.29, 1.82) is 0 Å². The van der Waals surface area contributed by atoms with Crippen molar-refractivity contribution in [1.82, 2.24) is 10.7 Å². The third kappa shape index (κ3) is 6.51. The zero-order valence-electron chi connectivity index (χ0n) is 16.5. The smallest absolute Gasteiger partial charge is 0.262 e. The van der Waals surface area contributed by atoms with Crippen molar-refractivity contribution in [3.8, 4) is 18.1 Å². The van der Waals surface area contributed by atoms with Gasteiger partial charge in [-0.25, -0.2) is 5.43 Å². The largest absolute Gasteiger partial charge is 0.480 e. The number of rotatable bonds is 8. The highest BCUT2D eigenvalue weighted by atomic mass is 35.5. The number of nitrogens with one attached hydrogen (secondary N) is 2. The van der Waals surface area contributed by atoms with Gasteiger partial charge in [0.15, 0.2) is 0 Å². The topological polar surface area (TPSA) is 79.8 Å². The van der Waals surface area contributed by atoms with Crippen LogP contribution in [0.5, 0.6) is 5.75 Å². The molecule has 8 heteroatoms. The summed E-state index contributed by atoms with van der Waals surface area (Å²) in [5, 5.41) is 7.26. The molecular weight excluding hydrogens is 425 g/mol. The summed E-state index contributed by atoms with van der Waals surface area (Å²) < 4.78 is 5.43. The van der Waals surface area contributed by atoms with Crippen LogP contribution in [0.3, 0.4) is 0 Å². The molecule has 0 bridgehead atoms. The van der Waals surface area contributed by atoms with Crippen molar-refractivity contribution >= 4 is 41.2 Å². The number of hydrogen-bond acceptors (Lipinski definition) is 4. The van der Waals surface area contributed by atoms with Crippen LogP contribution in [0.25, 0.3) is 0 Å². The Morgan fingerprint density at radius 2 is 1.97 bits per heavy atom. The van der Waals surface area contributed by atoms with Crippen LogP contribution in [0.4, 0.5) is 0 Å². The lowest BCUT2D eigenvalue weighted by Crippen LogP contribution is -2.48. The maximum atomic E-state index is 12.6. The summed E-state index contributed by atoms with van der Waals surface area (Å²) in [6.45, 7) is 3.73. The molecule has 0 heterocycles. The quantitative estimate of drug-likeness (QED) is 0.367. The number of terminal acetylenes is 1. The monoisotopic (exact) mass is 445 g/mol. The van der Waals surface area contributed by atoms with Crippen LogP contribution in [-0.2, 0) is 4.79 Å². The third-order valence-electron chi connectivity index (χ3n) is 4.02. The van der Waals surface area contributed by atoms with E-state index in [1.165, 1.54) is 18.3 Å². The fourth-order valence-corrected chi connectivity index (χ4v) is 2.99. The van der Waals surface area contributed by atoms with E-state index in [1.807, 2.05) is 0 Å². The minimum absolute atomic E-state index is 0.117. The molecule has 1 unspecified atom stereocenters. The minimum Gasteiger partial charge on any atom is -0.480 e. The second kappa shape index (κ2) is 11.2. The number of nitrogens with zero attached hydrogens (tertiary/aromatic N) is 1. The van der Waals surface area contributed by atoms with E-state index in [2.05, 4.69) is 21.8 Å². The van der Waals surface area contributed by atoms with E-state index in [4.69, 9.17) is 34.4 Å². The van der Waals surface area contributed by atoms with Crippen LogP contribution in [0.15, 0.2) is 47.6 Å². The molecule has 0 radical (unpaired) electrons. The zero-order chi connectivity index (χ0) is 22.1. The second-order valence-electron chi connectivity index (χ2n) is 6.58. The number of para-hydroxylation sites is 1. The number of amides is 2. The Kier molecular flexibility index (Phi) is 8.72. The van der Waals surface area contributed by atoms with Crippen molar-refractivity contribution in [2.75, 3.05) is 6.61 Å². The summed E-state index contributed by atoms with van der Waals surface area (Å²) in [6, 6.07) is 10.8. The van der Waals surface area contributed by atoms with Gasteiger partial charge in [-0.05, 0) is 36.2 Å². The van der Waals surface area contributed by atoms with Gasteiger partial charge in [-0.3, -0.25) is 9.59 Å². The van der Waals surface area contributed by atoms with Crippen molar-refractivity contribution < 1.29 is 14.3 Å². The summed E-state index contributed by atoms with van der Waals surface area (Å²) in [7, 11) is 0. The Labute approximate surface area is 185 Å². The number of benzene rings is 2. The van der Waals surface area contributed by atoms with E-state index in [0.717, 1.165) is 0 Å². The highest BCUT2D eigenvalue weighted by molar-refractivity contribution is 6.36. The number of hydrazone groups is 1. The molecule has 0 aliphatic carbocycles. The number of carbonyl (C=O) groups excluding carboxylic acids is 2. The number of ether oxygens (including phenoxy) is 1. The Morgan fingerprint density at radius 3 is 2.63 bits per heavy atom. The van der Waals surface area contributed by atoms with Crippen molar-refractivity contribution in [2.24, 2.45) is 11.0 Å². The molecule has 0 aliphatic heterocycles. The molecule has 0 aromatic heterocycles. The Hall–Kier alpha value is -3.01. The lowest BCUT2D eigenvalue weighted by Gasteiger charge is -2.20. The molecule has 6 nitrogen and oxygen atoms in total. The molecule has 2 aromatic carbocycles. The first kappa shape index (κ1) is 23.3. The first-order valence-electron chi connectivity index (χ1n) is 9.07. The van der Waals surface area contributed by atoms with E-state index in [9.17, 15) is 9.59 Å². The van der Waals surface area contributed by atoms with Gasteiger partial charge in [0.1, 0.15) is 18.4 Å². The maximum absolute atomic E-state index is 12.6. The molecule has 2 N–H and O–H groups in total. The number of hydrogen-bond donors (Lipinski definition) is 2. The normalized spacial score (nSPS) is 11.7. The fraction of sp³-hybridized carbons (Fsp3) is 0.227. The van der Waals surface area contributed by atoms with E-state index in [-0.39, 0.29) is 23.1 Å². The zero-order valence-corrected chi connectivity index (χ0v) is 18.0. The predicted molar refractivity (Wildman–Crippen MR) is 119 cm³/mol. The van der Waals surface area contributed by atoms with Gasteiger partial charge in [0.25, 0.3) is 11.8 Å². The van der Waals surface area contributed by atoms with E-state index in [1.54, 1.807) is 44.2 Å². The minimum atomic E-state index is -0.825. The van der Waals surface area contributed by atoms with Gasteiger partial charge < -0.3 is 10.1 Å². The van der Waals surface area contributed by atoms with Crippen molar-refractivity contribution in [3.63, 3.8) is 0 Å². The molecule has 1 atom stereocenters. The Balaban J connectivity index is 2.07. The molecular formula is C22H21Cl2N3O3. The number of halogens is 2. The van der Waals surface area contributed by atoms with Crippen LogP contribution in [-0.4, -0.2) is 30.7 Å². The van der Waals surface area contributed by atoms with Gasteiger partial charge in [0.2, 0.25) is 0 Å². The lowest BCUT2D eigenvalue weighted by molar-refractivity contribution is -0.123. The standard InChI is InChI=1S/C22H21Cl2N3O3/c1-4-11-30-19-8-6-5-7-15(19)13-25-27-22(29)20(14(2)3)26-21(28)17-10-9-16(23)12-18(17)24/h1,5-10,12-14,20H,11H2,2-3H3,(H,26,28)(H,27,29). The average molecular weight is 446 g/mol. The third-order valence-corrected chi connectivity index (χ3v) is 4.57. The second-order valence-corrected chi connectivity index (χ2v) is 7.43. The Morgan fingerprint density at radius 1 is 1.23 bits per heavy atom. The van der Waals surface area contributed by atoms with Gasteiger partial charge in [0, 0.05) is 10.6 Å². The predicted octanol–water partition coefficient (Wildman–Crippen LogP) is 3.91. The van der Waals surface area contributed by atoms with Crippen molar-refractivity contribution in [3.05, 3.63) is 63.6 Å². The van der Waals surface area contributed by atoms with Crippen LogP contribution >= 0.6 is 23.2 Å². The SMILES string of the molecule is C#CCOc1ccccc1C=NNC(=O)C(NC(=O)c1ccc(Cl)cc1Cl)C(C)C. The molecule has 0 fully saturated rings. The molecule has 0 saturated carbocycles. The molecule has 2 rings (SSSR count). The van der Waals surface area contributed by atoms with Gasteiger partial charge in [-0.1, -0.05) is 55.1 Å². The van der Waals surface area contributed by atoms with Crippen molar-refractivity contribution in [2.45, 2.75) is 19.9 Å². The summed E-state index contributed by atoms with van der Waals surface area (Å²) in [4.78, 5) is 25.1. The van der Waals surface area contributed by atoms with E-state index in [0.29, 0.717) is 16.3 Å². The molecule has 2 aromatic rings. The van der Waals surface area contributed by atoms with Gasteiger partial charge in [-0.2, -0.15) is 5.10 Å². The van der Waals surface area contributed by atoms with Gasteiger partial charge in [0.05, 0.1) is 16.8 Å². The van der Waals surface area contributed by atoms with Crippen LogP contribution in [0.1, 0.15) is 29.8 Å². The van der Waals surface area contributed by atoms with Crippen LogP contribution in [0.2, 0.25) is 10.0 Å². The molecule has 156 valence electrons. The van der Waals surface area contributed by atoms with E-state index < -0.39 is 17.9 Å². The highest BCUT2D eigenvalue weighted by Gasteiger charge is 2.25. The summed E-state index contributed by atoms with van der Waals surface area (Å²) in [6.07, 6.45) is 6.65. The summed E-state index contributed by atoms with van der Waals surface area (Å²) in [5.74, 6) is 1.78.